The van der Waals surface area contributed by atoms with Gasteiger partial charge in [-0.15, -0.1) is 0 Å². The number of benzene rings is 2. The third-order valence-electron chi connectivity index (χ3n) is 5.65. The highest BCUT2D eigenvalue weighted by Crippen LogP contribution is 2.30. The van der Waals surface area contributed by atoms with Crippen molar-refractivity contribution in [1.82, 2.24) is 15.8 Å². The summed E-state index contributed by atoms with van der Waals surface area (Å²) in [6.07, 6.45) is 1.37. The zero-order valence-corrected chi connectivity index (χ0v) is 18.2. The van der Waals surface area contributed by atoms with Crippen molar-refractivity contribution in [1.29, 1.82) is 0 Å². The highest BCUT2D eigenvalue weighted by molar-refractivity contribution is 5.96. The van der Waals surface area contributed by atoms with E-state index in [0.29, 0.717) is 62.8 Å². The number of nitrogens with one attached hydrogen (secondary N) is 2. The molecule has 0 bridgehead atoms. The number of amides is 3. The van der Waals surface area contributed by atoms with Crippen molar-refractivity contribution >= 4 is 17.7 Å². The van der Waals surface area contributed by atoms with E-state index in [1.165, 1.54) is 0 Å². The van der Waals surface area contributed by atoms with Crippen LogP contribution in [0, 0.1) is 5.92 Å². The van der Waals surface area contributed by atoms with Gasteiger partial charge < -0.3 is 19.1 Å². The molecule has 0 atom stereocenters. The number of para-hydroxylation sites is 1. The first-order valence-electron chi connectivity index (χ1n) is 11.1. The van der Waals surface area contributed by atoms with Crippen LogP contribution in [0.4, 0.5) is 0 Å². The Morgan fingerprint density at radius 2 is 1.67 bits per heavy atom. The van der Waals surface area contributed by atoms with Gasteiger partial charge >= 0.3 is 0 Å². The molecule has 2 aliphatic rings. The van der Waals surface area contributed by atoms with E-state index in [1.807, 2.05) is 30.3 Å². The van der Waals surface area contributed by atoms with Crippen LogP contribution in [0.25, 0.3) is 0 Å². The Morgan fingerprint density at radius 3 is 2.42 bits per heavy atom. The second kappa shape index (κ2) is 10.7. The quantitative estimate of drug-likeness (QED) is 0.648. The molecule has 0 radical (unpaired) electrons. The van der Waals surface area contributed by atoms with Gasteiger partial charge in [0.1, 0.15) is 19.0 Å². The van der Waals surface area contributed by atoms with Gasteiger partial charge in [-0.05, 0) is 43.2 Å². The van der Waals surface area contributed by atoms with Crippen LogP contribution in [0.2, 0.25) is 0 Å². The Kier molecular flexibility index (Phi) is 7.29. The first-order valence-corrected chi connectivity index (χ1v) is 11.1. The number of hydrogen-bond acceptors (Lipinski definition) is 6. The molecular weight excluding hydrogens is 426 g/mol. The average Bonchev–Trinajstić information content (AvgIpc) is 2.87. The number of hydrazine groups is 1. The van der Waals surface area contributed by atoms with Crippen molar-refractivity contribution in [2.75, 3.05) is 32.9 Å². The molecule has 0 spiro atoms. The molecular formula is C24H27N3O6. The Bertz CT molecular complexity index is 989. The second-order valence-electron chi connectivity index (χ2n) is 7.87. The normalized spacial score (nSPS) is 15.5. The first kappa shape index (κ1) is 22.4. The molecule has 2 N–H and O–H groups in total. The summed E-state index contributed by atoms with van der Waals surface area (Å²) in [5.41, 5.74) is 5.30. The minimum absolute atomic E-state index is 0.0108. The number of fused-ring (bicyclic) bond motifs is 1. The summed E-state index contributed by atoms with van der Waals surface area (Å²) >= 11 is 0. The van der Waals surface area contributed by atoms with Crippen molar-refractivity contribution in [3.63, 3.8) is 0 Å². The number of piperidine rings is 1. The van der Waals surface area contributed by atoms with Gasteiger partial charge in [0.05, 0.1) is 13.0 Å². The summed E-state index contributed by atoms with van der Waals surface area (Å²) in [5.74, 6) is 0.874. The zero-order valence-electron chi connectivity index (χ0n) is 18.2. The fraction of sp³-hybridized carbons (Fsp3) is 0.375. The molecule has 0 aliphatic carbocycles. The van der Waals surface area contributed by atoms with Crippen LogP contribution < -0.4 is 25.1 Å². The zero-order chi connectivity index (χ0) is 23.0. The predicted octanol–water partition coefficient (Wildman–Crippen LogP) is 1.93. The molecule has 9 heteroatoms. The molecule has 174 valence electrons. The second-order valence-corrected chi connectivity index (χ2v) is 7.87. The van der Waals surface area contributed by atoms with E-state index in [4.69, 9.17) is 14.2 Å². The summed E-state index contributed by atoms with van der Waals surface area (Å²) in [5, 5.41) is 0. The average molecular weight is 453 g/mol. The number of rotatable bonds is 6. The van der Waals surface area contributed by atoms with E-state index in [2.05, 4.69) is 10.9 Å². The number of nitrogens with zero attached hydrogens (tertiary/aromatic N) is 1. The number of hydrogen-bond donors (Lipinski definition) is 2. The molecule has 0 saturated carbocycles. The van der Waals surface area contributed by atoms with Crippen LogP contribution >= 0.6 is 0 Å². The summed E-state index contributed by atoms with van der Waals surface area (Å²) in [6, 6.07) is 14.2. The Balaban J connectivity index is 1.17. The number of ether oxygens (including phenoxy) is 3. The molecule has 0 aromatic heterocycles. The van der Waals surface area contributed by atoms with Crippen molar-refractivity contribution in [2.45, 2.75) is 19.3 Å². The lowest BCUT2D eigenvalue weighted by Crippen LogP contribution is -2.48. The third kappa shape index (κ3) is 5.94. The van der Waals surface area contributed by atoms with Crippen LogP contribution in [0.15, 0.2) is 48.5 Å². The molecule has 2 aliphatic heterocycles. The molecule has 2 heterocycles. The highest BCUT2D eigenvalue weighted by Gasteiger charge is 2.27. The van der Waals surface area contributed by atoms with E-state index in [0.717, 1.165) is 5.75 Å². The van der Waals surface area contributed by atoms with Gasteiger partial charge in [-0.1, -0.05) is 18.2 Å². The lowest BCUT2D eigenvalue weighted by atomic mass is 9.96. The molecule has 0 unspecified atom stereocenters. The molecule has 4 rings (SSSR count). The fourth-order valence-corrected chi connectivity index (χ4v) is 3.80. The number of carbonyl (C=O) groups excluding carboxylic acids is 3. The van der Waals surface area contributed by atoms with Crippen molar-refractivity contribution in [3.05, 3.63) is 54.1 Å². The van der Waals surface area contributed by atoms with Crippen LogP contribution in [-0.2, 0) is 9.59 Å². The lowest BCUT2D eigenvalue weighted by molar-refractivity contribution is -0.136. The summed E-state index contributed by atoms with van der Waals surface area (Å²) in [4.78, 5) is 39.0. The van der Waals surface area contributed by atoms with Gasteiger partial charge in [0.15, 0.2) is 11.5 Å². The van der Waals surface area contributed by atoms with E-state index in [-0.39, 0.29) is 24.2 Å². The Morgan fingerprint density at radius 1 is 0.939 bits per heavy atom. The van der Waals surface area contributed by atoms with E-state index in [1.54, 1.807) is 23.1 Å². The number of likely N-dealkylation sites (tertiary alicyclic amines) is 1. The maximum Gasteiger partial charge on any atom is 0.269 e. The SMILES string of the molecule is O=C(NNC(=O)C1CCN(C(=O)CCOc2ccccc2)CC1)c1ccc2c(c1)OCCO2. The highest BCUT2D eigenvalue weighted by atomic mass is 16.6. The summed E-state index contributed by atoms with van der Waals surface area (Å²) < 4.78 is 16.5. The number of carbonyl (C=O) groups is 3. The van der Waals surface area contributed by atoms with Crippen LogP contribution in [0.1, 0.15) is 29.6 Å². The topological polar surface area (TPSA) is 106 Å². The molecule has 9 nitrogen and oxygen atoms in total. The van der Waals surface area contributed by atoms with Crippen molar-refractivity contribution in [3.8, 4) is 17.2 Å². The van der Waals surface area contributed by atoms with Crippen LogP contribution in [0.3, 0.4) is 0 Å². The van der Waals surface area contributed by atoms with Gasteiger partial charge in [-0.25, -0.2) is 0 Å². The molecule has 3 amide bonds. The van der Waals surface area contributed by atoms with E-state index in [9.17, 15) is 14.4 Å². The Labute approximate surface area is 192 Å². The van der Waals surface area contributed by atoms with Gasteiger partial charge in [-0.3, -0.25) is 25.2 Å². The van der Waals surface area contributed by atoms with Crippen LogP contribution in [0.5, 0.6) is 17.2 Å². The first-order chi connectivity index (χ1) is 16.1. The third-order valence-corrected chi connectivity index (χ3v) is 5.65. The molecule has 1 saturated heterocycles. The van der Waals surface area contributed by atoms with E-state index < -0.39 is 5.91 Å². The minimum atomic E-state index is -0.439. The minimum Gasteiger partial charge on any atom is -0.493 e. The van der Waals surface area contributed by atoms with Gasteiger partial charge in [-0.2, -0.15) is 0 Å². The predicted molar refractivity (Wildman–Crippen MR) is 119 cm³/mol. The standard InChI is InChI=1S/C24H27N3O6/c28-22(10-13-31-19-4-2-1-3-5-19)27-11-8-17(9-12-27)23(29)25-26-24(30)18-6-7-20-21(16-18)33-15-14-32-20/h1-7,16-17H,8-15H2,(H,25,29)(H,26,30). The summed E-state index contributed by atoms with van der Waals surface area (Å²) in [7, 11) is 0. The monoisotopic (exact) mass is 453 g/mol. The van der Waals surface area contributed by atoms with Gasteiger partial charge in [0.2, 0.25) is 11.8 Å². The molecule has 33 heavy (non-hydrogen) atoms. The molecule has 2 aromatic rings. The van der Waals surface area contributed by atoms with Crippen LogP contribution in [-0.4, -0.2) is 55.5 Å². The maximum atomic E-state index is 12.5. The largest absolute Gasteiger partial charge is 0.493 e. The molecule has 1 fully saturated rings. The van der Waals surface area contributed by atoms with E-state index >= 15 is 0 Å². The summed E-state index contributed by atoms with van der Waals surface area (Å²) in [6.45, 7) is 2.21. The fourth-order valence-electron chi connectivity index (χ4n) is 3.80. The smallest absolute Gasteiger partial charge is 0.269 e. The van der Waals surface area contributed by atoms with Gasteiger partial charge in [0, 0.05) is 24.6 Å². The molecule has 2 aromatic carbocycles. The van der Waals surface area contributed by atoms with Crippen molar-refractivity contribution < 1.29 is 28.6 Å². The Hall–Kier alpha value is -3.75. The lowest BCUT2D eigenvalue weighted by Gasteiger charge is -2.31. The maximum absolute atomic E-state index is 12.5. The van der Waals surface area contributed by atoms with Gasteiger partial charge in [0.25, 0.3) is 5.91 Å². The van der Waals surface area contributed by atoms with Crippen molar-refractivity contribution in [2.24, 2.45) is 5.92 Å².